The SMILES string of the molecule is Cc1nc(CNC(C)CNC(=O)OC(C)(C)C)no1. The van der Waals surface area contributed by atoms with Gasteiger partial charge in [-0.15, -0.1) is 0 Å². The highest BCUT2D eigenvalue weighted by Crippen LogP contribution is 2.06. The largest absolute Gasteiger partial charge is 0.444 e. The molecule has 1 amide bonds. The van der Waals surface area contributed by atoms with Crippen LogP contribution in [0.2, 0.25) is 0 Å². The molecular formula is C12H22N4O3. The summed E-state index contributed by atoms with van der Waals surface area (Å²) in [6.45, 7) is 10.1. The number of carbonyl (C=O) groups excluding carboxylic acids is 1. The number of amides is 1. The van der Waals surface area contributed by atoms with Crippen LogP contribution in [0.4, 0.5) is 4.79 Å². The minimum Gasteiger partial charge on any atom is -0.444 e. The van der Waals surface area contributed by atoms with E-state index in [1.165, 1.54) is 0 Å². The van der Waals surface area contributed by atoms with E-state index in [1.54, 1.807) is 6.92 Å². The summed E-state index contributed by atoms with van der Waals surface area (Å²) >= 11 is 0. The number of carbonyl (C=O) groups is 1. The number of nitrogens with one attached hydrogen (secondary N) is 2. The highest BCUT2D eigenvalue weighted by Gasteiger charge is 2.16. The molecule has 0 aromatic carbocycles. The molecule has 1 rings (SSSR count). The van der Waals surface area contributed by atoms with E-state index in [9.17, 15) is 4.79 Å². The second-order valence-corrected chi connectivity index (χ2v) is 5.39. The van der Waals surface area contributed by atoms with Gasteiger partial charge < -0.3 is 19.9 Å². The van der Waals surface area contributed by atoms with Crippen molar-refractivity contribution >= 4 is 6.09 Å². The highest BCUT2D eigenvalue weighted by atomic mass is 16.6. The molecule has 1 heterocycles. The first-order chi connectivity index (χ1) is 8.76. The number of hydrogen-bond donors (Lipinski definition) is 2. The van der Waals surface area contributed by atoms with Crippen LogP contribution < -0.4 is 10.6 Å². The Kier molecular flexibility index (Phi) is 5.29. The summed E-state index contributed by atoms with van der Waals surface area (Å²) in [6, 6.07) is 0.0753. The average Bonchev–Trinajstić information content (AvgIpc) is 2.67. The molecule has 1 aromatic rings. The van der Waals surface area contributed by atoms with Crippen LogP contribution in [0.25, 0.3) is 0 Å². The molecule has 0 aliphatic carbocycles. The third kappa shape index (κ3) is 6.76. The molecule has 0 saturated heterocycles. The normalized spacial score (nSPS) is 13.1. The molecule has 0 radical (unpaired) electrons. The summed E-state index contributed by atoms with van der Waals surface area (Å²) in [4.78, 5) is 15.5. The topological polar surface area (TPSA) is 89.3 Å². The van der Waals surface area contributed by atoms with E-state index >= 15 is 0 Å². The van der Waals surface area contributed by atoms with E-state index in [0.717, 1.165) is 0 Å². The molecule has 2 N–H and O–H groups in total. The molecule has 108 valence electrons. The van der Waals surface area contributed by atoms with Crippen LogP contribution >= 0.6 is 0 Å². The zero-order chi connectivity index (χ0) is 14.5. The summed E-state index contributed by atoms with van der Waals surface area (Å²) < 4.78 is 10.00. The number of ether oxygens (including phenoxy) is 1. The van der Waals surface area contributed by atoms with Crippen LogP contribution in [0.1, 0.15) is 39.4 Å². The van der Waals surface area contributed by atoms with Gasteiger partial charge in [0.15, 0.2) is 5.82 Å². The van der Waals surface area contributed by atoms with Gasteiger partial charge in [0.2, 0.25) is 5.89 Å². The van der Waals surface area contributed by atoms with Crippen LogP contribution in [0.15, 0.2) is 4.52 Å². The van der Waals surface area contributed by atoms with Gasteiger partial charge in [-0.2, -0.15) is 4.98 Å². The first-order valence-electron chi connectivity index (χ1n) is 6.25. The maximum absolute atomic E-state index is 11.4. The van der Waals surface area contributed by atoms with E-state index in [4.69, 9.17) is 9.26 Å². The standard InChI is InChI=1S/C12H22N4O3/c1-8(6-14-11(17)18-12(3,4)5)13-7-10-15-9(2)19-16-10/h8,13H,6-7H2,1-5H3,(H,14,17). The lowest BCUT2D eigenvalue weighted by Gasteiger charge is -2.21. The smallest absolute Gasteiger partial charge is 0.407 e. The number of aromatic nitrogens is 2. The van der Waals surface area contributed by atoms with E-state index in [-0.39, 0.29) is 6.04 Å². The zero-order valence-electron chi connectivity index (χ0n) is 12.1. The van der Waals surface area contributed by atoms with Gasteiger partial charge >= 0.3 is 6.09 Å². The van der Waals surface area contributed by atoms with Crippen LogP contribution in [0, 0.1) is 6.92 Å². The predicted molar refractivity (Wildman–Crippen MR) is 69.6 cm³/mol. The first kappa shape index (κ1) is 15.4. The second-order valence-electron chi connectivity index (χ2n) is 5.39. The van der Waals surface area contributed by atoms with Gasteiger partial charge in [0.05, 0.1) is 6.54 Å². The third-order valence-corrected chi connectivity index (χ3v) is 2.13. The number of rotatable bonds is 5. The van der Waals surface area contributed by atoms with Crippen molar-refractivity contribution in [2.75, 3.05) is 6.54 Å². The predicted octanol–water partition coefficient (Wildman–Crippen LogP) is 1.38. The molecule has 0 aliphatic rings. The Morgan fingerprint density at radius 3 is 2.68 bits per heavy atom. The van der Waals surface area contributed by atoms with Gasteiger partial charge in [-0.3, -0.25) is 0 Å². The highest BCUT2D eigenvalue weighted by molar-refractivity contribution is 5.67. The fourth-order valence-corrected chi connectivity index (χ4v) is 1.30. The average molecular weight is 270 g/mol. The monoisotopic (exact) mass is 270 g/mol. The Morgan fingerprint density at radius 1 is 1.47 bits per heavy atom. The molecule has 0 saturated carbocycles. The van der Waals surface area contributed by atoms with Crippen LogP contribution in [-0.2, 0) is 11.3 Å². The summed E-state index contributed by atoms with van der Waals surface area (Å²) in [5, 5.41) is 9.64. The zero-order valence-corrected chi connectivity index (χ0v) is 12.1. The Balaban J connectivity index is 2.21. The van der Waals surface area contributed by atoms with Crippen molar-refractivity contribution in [2.45, 2.75) is 52.8 Å². The van der Waals surface area contributed by atoms with Gasteiger partial charge in [0.1, 0.15) is 5.60 Å². The molecule has 7 heteroatoms. The fourth-order valence-electron chi connectivity index (χ4n) is 1.30. The molecular weight excluding hydrogens is 248 g/mol. The van der Waals surface area contributed by atoms with Gasteiger partial charge in [-0.05, 0) is 27.7 Å². The van der Waals surface area contributed by atoms with Gasteiger partial charge in [0.25, 0.3) is 0 Å². The molecule has 7 nitrogen and oxygen atoms in total. The maximum Gasteiger partial charge on any atom is 0.407 e. The maximum atomic E-state index is 11.4. The van der Waals surface area contributed by atoms with Crippen LogP contribution in [-0.4, -0.2) is 34.4 Å². The second kappa shape index (κ2) is 6.51. The lowest BCUT2D eigenvalue weighted by Crippen LogP contribution is -2.41. The molecule has 0 spiro atoms. The third-order valence-electron chi connectivity index (χ3n) is 2.13. The van der Waals surface area contributed by atoms with Gasteiger partial charge in [0, 0.05) is 19.5 Å². The van der Waals surface area contributed by atoms with E-state index in [0.29, 0.717) is 24.8 Å². The molecule has 19 heavy (non-hydrogen) atoms. The van der Waals surface area contributed by atoms with Crippen LogP contribution in [0.3, 0.4) is 0 Å². The van der Waals surface area contributed by atoms with Gasteiger partial charge in [-0.1, -0.05) is 5.16 Å². The molecule has 1 atom stereocenters. The van der Waals surface area contributed by atoms with Crippen molar-refractivity contribution in [1.82, 2.24) is 20.8 Å². The Morgan fingerprint density at radius 2 is 2.16 bits per heavy atom. The van der Waals surface area contributed by atoms with Crippen molar-refractivity contribution in [3.8, 4) is 0 Å². The minimum absolute atomic E-state index is 0.0753. The van der Waals surface area contributed by atoms with Crippen molar-refractivity contribution in [3.63, 3.8) is 0 Å². The summed E-state index contributed by atoms with van der Waals surface area (Å²) in [7, 11) is 0. The molecule has 0 bridgehead atoms. The molecule has 1 aromatic heterocycles. The first-order valence-corrected chi connectivity index (χ1v) is 6.25. The fraction of sp³-hybridized carbons (Fsp3) is 0.750. The van der Waals surface area contributed by atoms with Crippen molar-refractivity contribution < 1.29 is 14.1 Å². The van der Waals surface area contributed by atoms with Crippen molar-refractivity contribution in [2.24, 2.45) is 0 Å². The lowest BCUT2D eigenvalue weighted by atomic mass is 10.2. The van der Waals surface area contributed by atoms with Crippen molar-refractivity contribution in [3.05, 3.63) is 11.7 Å². The van der Waals surface area contributed by atoms with Gasteiger partial charge in [-0.25, -0.2) is 4.79 Å². The Hall–Kier alpha value is -1.63. The Labute approximate surface area is 113 Å². The summed E-state index contributed by atoms with van der Waals surface area (Å²) in [6.07, 6.45) is -0.420. The number of aryl methyl sites for hydroxylation is 1. The van der Waals surface area contributed by atoms with E-state index in [1.807, 2.05) is 27.7 Å². The van der Waals surface area contributed by atoms with Crippen LogP contribution in [0.5, 0.6) is 0 Å². The minimum atomic E-state index is -0.483. The number of nitrogens with zero attached hydrogens (tertiary/aromatic N) is 2. The van der Waals surface area contributed by atoms with Crippen molar-refractivity contribution in [1.29, 1.82) is 0 Å². The van der Waals surface area contributed by atoms with E-state index < -0.39 is 11.7 Å². The lowest BCUT2D eigenvalue weighted by molar-refractivity contribution is 0.0523. The number of alkyl carbamates (subject to hydrolysis) is 1. The summed E-state index contributed by atoms with van der Waals surface area (Å²) in [5.74, 6) is 1.14. The quantitative estimate of drug-likeness (QED) is 0.840. The molecule has 1 unspecified atom stereocenters. The summed E-state index contributed by atoms with van der Waals surface area (Å²) in [5.41, 5.74) is -0.483. The Bertz CT molecular complexity index is 411. The van der Waals surface area contributed by atoms with E-state index in [2.05, 4.69) is 20.8 Å². The number of hydrogen-bond acceptors (Lipinski definition) is 6. The molecule has 0 aliphatic heterocycles. The molecule has 0 fully saturated rings.